The third kappa shape index (κ3) is 6.20. The maximum Gasteiger partial charge on any atom is 0.410 e. The Bertz CT molecular complexity index is 899. The molecule has 0 aromatic heterocycles. The van der Waals surface area contributed by atoms with Crippen molar-refractivity contribution in [2.24, 2.45) is 5.92 Å². The number of esters is 1. The largest absolute Gasteiger partial charge is 0.466 e. The molecule has 1 aliphatic heterocycles. The predicted octanol–water partition coefficient (Wildman–Crippen LogP) is 3.03. The minimum absolute atomic E-state index is 0.0981. The van der Waals surface area contributed by atoms with Gasteiger partial charge in [0, 0.05) is 19.1 Å². The second-order valence-corrected chi connectivity index (χ2v) is 10.8. The average molecular weight is 453 g/mol. The zero-order valence-electron chi connectivity index (χ0n) is 18.6. The molecule has 1 heterocycles. The van der Waals surface area contributed by atoms with Gasteiger partial charge in [0.2, 0.25) is 10.0 Å². The molecule has 2 fully saturated rings. The third-order valence-electron chi connectivity index (χ3n) is 5.47. The van der Waals surface area contributed by atoms with Crippen molar-refractivity contribution < 1.29 is 27.5 Å². The van der Waals surface area contributed by atoms with Gasteiger partial charge in [0.15, 0.2) is 0 Å². The molecule has 0 spiro atoms. The Morgan fingerprint density at radius 1 is 1.13 bits per heavy atom. The van der Waals surface area contributed by atoms with Gasteiger partial charge in [-0.15, -0.1) is 0 Å². The number of ether oxygens (including phenoxy) is 2. The number of nitrogens with one attached hydrogen (secondary N) is 1. The number of amides is 1. The first-order valence-corrected chi connectivity index (χ1v) is 12.3. The SMILES string of the molecule is CCOC(=O)[C@@H]1C[C@H]1c1ccc(S(=O)(=O)NC2CCN(C(=O)OC(C)(C)C)CC2)cc1. The average Bonchev–Trinajstić information content (AvgIpc) is 3.48. The highest BCUT2D eigenvalue weighted by Crippen LogP contribution is 2.48. The van der Waals surface area contributed by atoms with E-state index in [2.05, 4.69) is 4.72 Å². The van der Waals surface area contributed by atoms with Crippen molar-refractivity contribution in [2.45, 2.75) is 69.4 Å². The Labute approximate surface area is 184 Å². The number of hydrogen-bond acceptors (Lipinski definition) is 6. The molecular formula is C22H32N2O6S. The van der Waals surface area contributed by atoms with E-state index < -0.39 is 15.6 Å². The van der Waals surface area contributed by atoms with E-state index in [9.17, 15) is 18.0 Å². The van der Waals surface area contributed by atoms with Crippen LogP contribution in [0.25, 0.3) is 0 Å². The summed E-state index contributed by atoms with van der Waals surface area (Å²) < 4.78 is 38.7. The Morgan fingerprint density at radius 2 is 1.74 bits per heavy atom. The smallest absolute Gasteiger partial charge is 0.410 e. The van der Waals surface area contributed by atoms with Gasteiger partial charge in [-0.25, -0.2) is 17.9 Å². The number of hydrogen-bond donors (Lipinski definition) is 1. The molecule has 1 aromatic carbocycles. The summed E-state index contributed by atoms with van der Waals surface area (Å²) in [6.07, 6.45) is 1.42. The number of likely N-dealkylation sites (tertiary alicyclic amines) is 1. The second kappa shape index (κ2) is 9.16. The minimum Gasteiger partial charge on any atom is -0.466 e. The van der Waals surface area contributed by atoms with Crippen molar-refractivity contribution in [3.63, 3.8) is 0 Å². The molecule has 8 nitrogen and oxygen atoms in total. The topological polar surface area (TPSA) is 102 Å². The van der Waals surface area contributed by atoms with Crippen molar-refractivity contribution in [1.82, 2.24) is 9.62 Å². The van der Waals surface area contributed by atoms with E-state index in [1.54, 1.807) is 36.1 Å². The molecule has 2 aliphatic rings. The number of rotatable bonds is 6. The van der Waals surface area contributed by atoms with Gasteiger partial charge in [-0.1, -0.05) is 12.1 Å². The van der Waals surface area contributed by atoms with E-state index in [-0.39, 0.29) is 34.8 Å². The number of carbonyl (C=O) groups is 2. The molecule has 1 aromatic rings. The van der Waals surface area contributed by atoms with E-state index in [0.29, 0.717) is 32.5 Å². The molecule has 31 heavy (non-hydrogen) atoms. The van der Waals surface area contributed by atoms with Crippen LogP contribution < -0.4 is 4.72 Å². The Balaban J connectivity index is 1.52. The summed E-state index contributed by atoms with van der Waals surface area (Å²) in [5.74, 6) is -0.222. The van der Waals surface area contributed by atoms with Crippen molar-refractivity contribution in [3.05, 3.63) is 29.8 Å². The summed E-state index contributed by atoms with van der Waals surface area (Å²) >= 11 is 0. The highest BCUT2D eigenvalue weighted by atomic mass is 32.2. The van der Waals surface area contributed by atoms with Crippen LogP contribution in [0.15, 0.2) is 29.2 Å². The third-order valence-corrected chi connectivity index (χ3v) is 7.00. The lowest BCUT2D eigenvalue weighted by molar-refractivity contribution is -0.144. The normalized spacial score (nSPS) is 22.1. The van der Waals surface area contributed by atoms with Crippen LogP contribution in [-0.4, -0.2) is 56.7 Å². The molecule has 2 atom stereocenters. The molecule has 3 rings (SSSR count). The van der Waals surface area contributed by atoms with Crippen molar-refractivity contribution in [1.29, 1.82) is 0 Å². The van der Waals surface area contributed by atoms with E-state index in [0.717, 1.165) is 12.0 Å². The highest BCUT2D eigenvalue weighted by molar-refractivity contribution is 7.89. The van der Waals surface area contributed by atoms with Crippen LogP contribution in [0.2, 0.25) is 0 Å². The molecule has 0 radical (unpaired) electrons. The summed E-state index contributed by atoms with van der Waals surface area (Å²) in [6.45, 7) is 8.48. The standard InChI is InChI=1S/C22H32N2O6S/c1-5-29-20(25)19-14-18(19)15-6-8-17(9-7-15)31(27,28)23-16-10-12-24(13-11-16)21(26)30-22(2,3)4/h6-9,16,18-19,23H,5,10-14H2,1-4H3/t18-,19+/m0/s1. The van der Waals surface area contributed by atoms with Gasteiger partial charge >= 0.3 is 12.1 Å². The fourth-order valence-electron chi connectivity index (χ4n) is 3.76. The molecule has 1 aliphatic carbocycles. The van der Waals surface area contributed by atoms with E-state index >= 15 is 0 Å². The van der Waals surface area contributed by atoms with Crippen molar-refractivity contribution >= 4 is 22.1 Å². The van der Waals surface area contributed by atoms with E-state index in [4.69, 9.17) is 9.47 Å². The van der Waals surface area contributed by atoms with Crippen LogP contribution in [0.5, 0.6) is 0 Å². The zero-order valence-corrected chi connectivity index (χ0v) is 19.4. The number of nitrogens with zero attached hydrogens (tertiary/aromatic N) is 1. The molecular weight excluding hydrogens is 420 g/mol. The Hall–Kier alpha value is -2.13. The van der Waals surface area contributed by atoms with Crippen LogP contribution in [0.1, 0.15) is 58.4 Å². The van der Waals surface area contributed by atoms with Gasteiger partial charge < -0.3 is 14.4 Å². The van der Waals surface area contributed by atoms with Gasteiger partial charge in [0.25, 0.3) is 0 Å². The predicted molar refractivity (Wildman–Crippen MR) is 115 cm³/mol. The van der Waals surface area contributed by atoms with Crippen molar-refractivity contribution in [2.75, 3.05) is 19.7 Å². The molecule has 9 heteroatoms. The number of piperidine rings is 1. The fraction of sp³-hybridized carbons (Fsp3) is 0.636. The number of sulfonamides is 1. The lowest BCUT2D eigenvalue weighted by atomic mass is 10.1. The lowest BCUT2D eigenvalue weighted by Gasteiger charge is -2.33. The molecule has 0 unspecified atom stereocenters. The molecule has 172 valence electrons. The first kappa shape index (κ1) is 23.5. The second-order valence-electron chi connectivity index (χ2n) is 9.13. The number of carbonyl (C=O) groups excluding carboxylic acids is 2. The van der Waals surface area contributed by atoms with Crippen LogP contribution in [-0.2, 0) is 24.3 Å². The summed E-state index contributed by atoms with van der Waals surface area (Å²) in [5.41, 5.74) is 0.390. The summed E-state index contributed by atoms with van der Waals surface area (Å²) in [5, 5.41) is 0. The van der Waals surface area contributed by atoms with E-state index in [1.807, 2.05) is 20.8 Å². The maximum atomic E-state index is 12.8. The number of benzene rings is 1. The van der Waals surface area contributed by atoms with Gasteiger partial charge in [-0.3, -0.25) is 4.79 Å². The molecule has 1 N–H and O–H groups in total. The lowest BCUT2D eigenvalue weighted by Crippen LogP contribution is -2.47. The first-order chi connectivity index (χ1) is 14.5. The molecule has 1 saturated heterocycles. The fourth-order valence-corrected chi connectivity index (χ4v) is 5.07. The maximum absolute atomic E-state index is 12.8. The molecule has 1 saturated carbocycles. The summed E-state index contributed by atoms with van der Waals surface area (Å²) in [4.78, 5) is 25.8. The van der Waals surface area contributed by atoms with Gasteiger partial charge in [-0.2, -0.15) is 0 Å². The van der Waals surface area contributed by atoms with Gasteiger partial charge in [0.1, 0.15) is 5.60 Å². The van der Waals surface area contributed by atoms with Crippen LogP contribution in [0, 0.1) is 5.92 Å². The summed E-state index contributed by atoms with van der Waals surface area (Å²) in [6, 6.07) is 6.45. The van der Waals surface area contributed by atoms with Gasteiger partial charge in [-0.05, 0) is 70.6 Å². The molecule has 0 bridgehead atoms. The zero-order chi connectivity index (χ0) is 22.8. The van der Waals surface area contributed by atoms with Gasteiger partial charge in [0.05, 0.1) is 17.4 Å². The molecule has 1 amide bonds. The Morgan fingerprint density at radius 3 is 2.29 bits per heavy atom. The Kier molecular flexibility index (Phi) is 6.95. The minimum atomic E-state index is -3.66. The highest BCUT2D eigenvalue weighted by Gasteiger charge is 2.45. The first-order valence-electron chi connectivity index (χ1n) is 10.8. The van der Waals surface area contributed by atoms with Crippen LogP contribution >= 0.6 is 0 Å². The van der Waals surface area contributed by atoms with E-state index in [1.165, 1.54) is 0 Å². The summed E-state index contributed by atoms with van der Waals surface area (Å²) in [7, 11) is -3.66. The monoisotopic (exact) mass is 452 g/mol. The van der Waals surface area contributed by atoms with Crippen molar-refractivity contribution in [3.8, 4) is 0 Å². The quantitative estimate of drug-likeness (QED) is 0.666. The van der Waals surface area contributed by atoms with Crippen LogP contribution in [0.4, 0.5) is 4.79 Å². The van der Waals surface area contributed by atoms with Crippen LogP contribution in [0.3, 0.4) is 0 Å².